The molecule has 1 aromatic carbocycles. The van der Waals surface area contributed by atoms with Crippen LogP contribution in [-0.4, -0.2) is 34.7 Å². The van der Waals surface area contributed by atoms with Crippen LogP contribution in [0.2, 0.25) is 0 Å². The Kier molecular flexibility index (Phi) is 2.90. The van der Waals surface area contributed by atoms with Crippen LogP contribution in [0.4, 0.5) is 0 Å². The Bertz CT molecular complexity index is 505. The second-order valence-corrected chi connectivity index (χ2v) is 6.88. The number of hydrogen-bond donors (Lipinski definition) is 0. The van der Waals surface area contributed by atoms with Gasteiger partial charge in [0.05, 0.1) is 0 Å². The molecule has 3 nitrogen and oxygen atoms in total. The molecule has 0 aliphatic heterocycles. The first kappa shape index (κ1) is 10.8. The summed E-state index contributed by atoms with van der Waals surface area (Å²) in [5, 5.41) is 0. The van der Waals surface area contributed by atoms with E-state index < -0.39 is 0 Å². The number of fused-ring (bicyclic) bond motifs is 1. The molecule has 80 valence electrons. The van der Waals surface area contributed by atoms with Gasteiger partial charge in [0.25, 0.3) is 0 Å². The molecule has 0 N–H and O–H groups in total. The predicted molar refractivity (Wildman–Crippen MR) is 59.9 cm³/mol. The zero-order chi connectivity index (χ0) is 11.0. The van der Waals surface area contributed by atoms with Gasteiger partial charge in [-0.1, -0.05) is 0 Å². The molecule has 0 atom stereocenters. The van der Waals surface area contributed by atoms with E-state index in [-0.39, 0.29) is 20.4 Å². The van der Waals surface area contributed by atoms with Crippen molar-refractivity contribution in [3.63, 3.8) is 0 Å². The zero-order valence-electron chi connectivity index (χ0n) is 9.33. The van der Waals surface area contributed by atoms with Gasteiger partial charge in [-0.3, -0.25) is 0 Å². The molecule has 0 fully saturated rings. The third-order valence-corrected chi connectivity index (χ3v) is 5.74. The number of benzene rings is 1. The molecule has 0 amide bonds. The van der Waals surface area contributed by atoms with Gasteiger partial charge in [-0.2, -0.15) is 0 Å². The van der Waals surface area contributed by atoms with E-state index in [2.05, 4.69) is 30.7 Å². The Balaban J connectivity index is 2.75. The number of rotatable bonds is 2. The molecule has 1 aromatic heterocycles. The molecule has 2 aromatic rings. The van der Waals surface area contributed by atoms with Gasteiger partial charge in [0.1, 0.15) is 0 Å². The Hall–Kier alpha value is -0.720. The van der Waals surface area contributed by atoms with Crippen molar-refractivity contribution in [2.45, 2.75) is 6.92 Å². The molecular formula is C11H14NO2Te+. The summed E-state index contributed by atoms with van der Waals surface area (Å²) in [6, 6.07) is 4.18. The van der Waals surface area contributed by atoms with Crippen LogP contribution in [0.3, 0.4) is 0 Å². The fourth-order valence-corrected chi connectivity index (χ4v) is 4.50. The van der Waals surface area contributed by atoms with Gasteiger partial charge >= 0.3 is 98.9 Å². The molecule has 1 heterocycles. The van der Waals surface area contributed by atoms with Gasteiger partial charge in [0.2, 0.25) is 0 Å². The monoisotopic (exact) mass is 322 g/mol. The average Bonchev–Trinajstić information content (AvgIpc) is 2.53. The fraction of sp³-hybridized carbons (Fsp3) is 0.364. The quantitative estimate of drug-likeness (QED) is 0.610. The van der Waals surface area contributed by atoms with Crippen molar-refractivity contribution < 1.29 is 14.0 Å². The van der Waals surface area contributed by atoms with Crippen LogP contribution in [0.1, 0.15) is 3.71 Å². The summed E-state index contributed by atoms with van der Waals surface area (Å²) in [4.78, 5) is 0. The fourth-order valence-electron chi connectivity index (χ4n) is 1.59. The minimum absolute atomic E-state index is 0.197. The molecule has 0 radical (unpaired) electrons. The Morgan fingerprint density at radius 3 is 2.33 bits per heavy atom. The van der Waals surface area contributed by atoms with Crippen LogP contribution < -0.4 is 14.0 Å². The van der Waals surface area contributed by atoms with E-state index in [1.807, 2.05) is 0 Å². The van der Waals surface area contributed by atoms with Gasteiger partial charge in [-0.25, -0.2) is 0 Å². The molecule has 15 heavy (non-hydrogen) atoms. The van der Waals surface area contributed by atoms with Crippen molar-refractivity contribution in [2.24, 2.45) is 7.05 Å². The van der Waals surface area contributed by atoms with Crippen LogP contribution in [0, 0.1) is 6.92 Å². The molecule has 0 aliphatic carbocycles. The number of ether oxygens (including phenoxy) is 2. The molecule has 0 aliphatic rings. The Morgan fingerprint density at radius 2 is 1.73 bits per heavy atom. The van der Waals surface area contributed by atoms with E-state index in [0.717, 1.165) is 11.5 Å². The minimum atomic E-state index is -0.197. The number of hydrogen-bond acceptors (Lipinski definition) is 2. The average molecular weight is 320 g/mol. The standard InChI is InChI=1S/C11H14NO2Te/c1-7-12(2)8-5-9(13-3)10(14-4)6-11(8)15-7/h5-6H,1-4H3/q+1. The second kappa shape index (κ2) is 4.03. The normalized spacial score (nSPS) is 10.7. The maximum absolute atomic E-state index is 5.30. The summed E-state index contributed by atoms with van der Waals surface area (Å²) < 4.78 is 15.8. The Labute approximate surface area is 98.9 Å². The first-order valence-electron chi connectivity index (χ1n) is 4.68. The molecular weight excluding hydrogens is 306 g/mol. The topological polar surface area (TPSA) is 22.3 Å². The molecule has 2 rings (SSSR count). The van der Waals surface area contributed by atoms with E-state index in [1.165, 1.54) is 12.6 Å². The van der Waals surface area contributed by atoms with E-state index in [0.29, 0.717) is 0 Å². The summed E-state index contributed by atoms with van der Waals surface area (Å²) in [5.74, 6) is 1.65. The van der Waals surface area contributed by atoms with Crippen LogP contribution in [0.15, 0.2) is 12.1 Å². The molecule has 0 spiro atoms. The van der Waals surface area contributed by atoms with Crippen LogP contribution in [-0.2, 0) is 7.05 Å². The van der Waals surface area contributed by atoms with Crippen molar-refractivity contribution in [2.75, 3.05) is 14.2 Å². The van der Waals surface area contributed by atoms with Crippen LogP contribution in [0.25, 0.3) is 8.92 Å². The number of aromatic nitrogens is 1. The summed E-state index contributed by atoms with van der Waals surface area (Å²) in [7, 11) is 5.46. The summed E-state index contributed by atoms with van der Waals surface area (Å²) in [6.07, 6.45) is 0. The molecule has 0 bridgehead atoms. The Morgan fingerprint density at radius 1 is 1.13 bits per heavy atom. The van der Waals surface area contributed by atoms with E-state index >= 15 is 0 Å². The summed E-state index contributed by atoms with van der Waals surface area (Å²) in [5.41, 5.74) is 1.27. The first-order chi connectivity index (χ1) is 7.17. The van der Waals surface area contributed by atoms with Crippen LogP contribution >= 0.6 is 0 Å². The number of methoxy groups -OCH3 is 2. The molecule has 0 unspecified atom stereocenters. The molecule has 4 heteroatoms. The maximum atomic E-state index is 5.30. The first-order valence-corrected chi connectivity index (χ1v) is 7.01. The summed E-state index contributed by atoms with van der Waals surface area (Å²) >= 11 is -0.197. The van der Waals surface area contributed by atoms with Crippen molar-refractivity contribution >= 4 is 29.3 Å². The SMILES string of the molecule is COc1cc2[te]c(C)[n+](C)c2cc1OC. The van der Waals surface area contributed by atoms with Crippen LogP contribution in [0.5, 0.6) is 11.5 Å². The van der Waals surface area contributed by atoms with Crippen molar-refractivity contribution in [1.82, 2.24) is 0 Å². The third-order valence-electron chi connectivity index (χ3n) is 2.56. The molecule has 0 saturated heterocycles. The third kappa shape index (κ3) is 1.73. The predicted octanol–water partition coefficient (Wildman–Crippen LogP) is 1.05. The number of aryl methyl sites for hydroxylation is 2. The van der Waals surface area contributed by atoms with Gasteiger partial charge in [-0.15, -0.1) is 0 Å². The summed E-state index contributed by atoms with van der Waals surface area (Å²) in [6.45, 7) is 2.20. The van der Waals surface area contributed by atoms with Crippen molar-refractivity contribution in [3.8, 4) is 11.5 Å². The van der Waals surface area contributed by atoms with Gasteiger partial charge in [0.15, 0.2) is 0 Å². The van der Waals surface area contributed by atoms with E-state index in [4.69, 9.17) is 9.47 Å². The number of nitrogens with zero attached hydrogens (tertiary/aromatic N) is 1. The molecule has 0 saturated carbocycles. The van der Waals surface area contributed by atoms with Gasteiger partial charge < -0.3 is 0 Å². The zero-order valence-corrected chi connectivity index (χ0v) is 11.7. The van der Waals surface area contributed by atoms with Crippen molar-refractivity contribution in [1.29, 1.82) is 0 Å². The van der Waals surface area contributed by atoms with Crippen molar-refractivity contribution in [3.05, 3.63) is 15.8 Å². The van der Waals surface area contributed by atoms with Gasteiger partial charge in [0, 0.05) is 0 Å². The van der Waals surface area contributed by atoms with Gasteiger partial charge in [-0.05, 0) is 0 Å². The van der Waals surface area contributed by atoms with E-state index in [9.17, 15) is 0 Å². The van der Waals surface area contributed by atoms with E-state index in [1.54, 1.807) is 14.2 Å². The second-order valence-electron chi connectivity index (χ2n) is 3.36.